The number of nitrogens with one attached hydrogen (secondary N) is 2. The third kappa shape index (κ3) is 4.26. The smallest absolute Gasteiger partial charge is 0.344 e. The Morgan fingerprint density at radius 2 is 1.77 bits per heavy atom. The van der Waals surface area contributed by atoms with Crippen molar-refractivity contribution in [2.24, 2.45) is 5.92 Å². The standard InChI is InChI=1S/C23H23N3O4/c27-22(19-8-3-6-17-5-1-2-7-18(17)19)25-20-9-4-12-26(29)21(20)23(28)24-15-16-10-13-30-14-11-16/h1-9,12,16H,10-11,13-15H2,(H2-,24,25,27,28,29)/p+1. The summed E-state index contributed by atoms with van der Waals surface area (Å²) in [6, 6.07) is 16.2. The molecule has 1 saturated heterocycles. The number of hydrogen-bond donors (Lipinski definition) is 3. The van der Waals surface area contributed by atoms with Crippen LogP contribution < -0.4 is 15.4 Å². The molecule has 0 spiro atoms. The van der Waals surface area contributed by atoms with Crippen molar-refractivity contribution in [3.05, 3.63) is 72.1 Å². The van der Waals surface area contributed by atoms with Crippen molar-refractivity contribution < 1.29 is 24.3 Å². The summed E-state index contributed by atoms with van der Waals surface area (Å²) in [6.45, 7) is 1.88. The quantitative estimate of drug-likeness (QED) is 0.449. The van der Waals surface area contributed by atoms with Gasteiger partial charge in [-0.25, -0.2) is 0 Å². The van der Waals surface area contributed by atoms with Crippen molar-refractivity contribution in [2.75, 3.05) is 25.1 Å². The molecule has 0 radical (unpaired) electrons. The van der Waals surface area contributed by atoms with E-state index in [1.165, 1.54) is 6.20 Å². The van der Waals surface area contributed by atoms with E-state index in [-0.39, 0.29) is 17.3 Å². The van der Waals surface area contributed by atoms with Gasteiger partial charge in [0.05, 0.1) is 0 Å². The average molecular weight is 406 g/mol. The number of carbonyl (C=O) groups excluding carboxylic acids is 2. The lowest BCUT2D eigenvalue weighted by Crippen LogP contribution is -2.44. The lowest BCUT2D eigenvalue weighted by Gasteiger charge is -2.21. The van der Waals surface area contributed by atoms with Crippen LogP contribution in [0, 0.1) is 5.92 Å². The van der Waals surface area contributed by atoms with Gasteiger partial charge in [0.25, 0.3) is 5.91 Å². The van der Waals surface area contributed by atoms with Crippen molar-refractivity contribution >= 4 is 28.3 Å². The minimum atomic E-state index is -0.446. The van der Waals surface area contributed by atoms with E-state index in [9.17, 15) is 14.8 Å². The Hall–Kier alpha value is -3.45. The lowest BCUT2D eigenvalue weighted by molar-refractivity contribution is -0.905. The monoisotopic (exact) mass is 406 g/mol. The highest BCUT2D eigenvalue weighted by Gasteiger charge is 2.27. The first kappa shape index (κ1) is 19.8. The molecule has 7 nitrogen and oxygen atoms in total. The highest BCUT2D eigenvalue weighted by molar-refractivity contribution is 6.14. The number of aromatic nitrogens is 1. The fourth-order valence-electron chi connectivity index (χ4n) is 3.71. The number of hydrogen-bond acceptors (Lipinski definition) is 4. The SMILES string of the molecule is O=C(Nc1ccc[n+](O)c1C(=O)NCC1CCOCC1)c1cccc2ccccc12. The van der Waals surface area contributed by atoms with E-state index in [1.54, 1.807) is 18.2 Å². The van der Waals surface area contributed by atoms with Crippen LogP contribution >= 0.6 is 0 Å². The van der Waals surface area contributed by atoms with Gasteiger partial charge in [0.1, 0.15) is 5.69 Å². The predicted octanol–water partition coefficient (Wildman–Crippen LogP) is 2.77. The molecule has 2 aromatic carbocycles. The summed E-state index contributed by atoms with van der Waals surface area (Å²) in [6.07, 6.45) is 3.13. The van der Waals surface area contributed by atoms with Gasteiger partial charge in [-0.05, 0) is 41.7 Å². The largest absolute Gasteiger partial charge is 0.381 e. The Labute approximate surface area is 174 Å². The number of ether oxygens (including phenoxy) is 1. The minimum Gasteiger partial charge on any atom is -0.381 e. The molecule has 1 aliphatic heterocycles. The third-order valence-corrected chi connectivity index (χ3v) is 5.36. The molecule has 7 heteroatoms. The maximum absolute atomic E-state index is 13.0. The van der Waals surface area contributed by atoms with Crippen LogP contribution in [0.3, 0.4) is 0 Å². The summed E-state index contributed by atoms with van der Waals surface area (Å²) < 4.78 is 6.08. The molecule has 1 aromatic heterocycles. The Morgan fingerprint density at radius 1 is 1.00 bits per heavy atom. The topological polar surface area (TPSA) is 91.5 Å². The number of rotatable bonds is 5. The molecule has 3 aromatic rings. The molecule has 2 heterocycles. The van der Waals surface area contributed by atoms with Gasteiger partial charge >= 0.3 is 11.6 Å². The van der Waals surface area contributed by atoms with Gasteiger partial charge in [-0.1, -0.05) is 36.4 Å². The average Bonchev–Trinajstić information content (AvgIpc) is 2.78. The molecule has 0 aliphatic carbocycles. The van der Waals surface area contributed by atoms with Crippen molar-refractivity contribution in [3.8, 4) is 0 Å². The molecule has 0 unspecified atom stereocenters. The maximum atomic E-state index is 13.0. The van der Waals surface area contributed by atoms with Gasteiger partial charge in [-0.3, -0.25) is 14.8 Å². The molecule has 0 atom stereocenters. The molecule has 30 heavy (non-hydrogen) atoms. The van der Waals surface area contributed by atoms with Crippen LogP contribution in [0.15, 0.2) is 60.8 Å². The highest BCUT2D eigenvalue weighted by Crippen LogP contribution is 2.21. The molecule has 0 bridgehead atoms. The molecule has 0 saturated carbocycles. The zero-order valence-corrected chi connectivity index (χ0v) is 16.5. The van der Waals surface area contributed by atoms with Crippen LogP contribution in [-0.4, -0.2) is 36.8 Å². The van der Waals surface area contributed by atoms with E-state index >= 15 is 0 Å². The fraction of sp³-hybridized carbons (Fsp3) is 0.261. The number of amides is 2. The molecule has 2 amide bonds. The lowest BCUT2D eigenvalue weighted by atomic mass is 10.0. The number of carbonyl (C=O) groups is 2. The van der Waals surface area contributed by atoms with Crippen LogP contribution in [0.4, 0.5) is 5.69 Å². The van der Waals surface area contributed by atoms with E-state index in [0.717, 1.165) is 28.3 Å². The Kier molecular flexibility index (Phi) is 5.90. The zero-order valence-electron chi connectivity index (χ0n) is 16.5. The second-order valence-corrected chi connectivity index (χ2v) is 7.36. The van der Waals surface area contributed by atoms with E-state index in [1.807, 2.05) is 36.4 Å². The van der Waals surface area contributed by atoms with Gasteiger partial charge in [0, 0.05) is 36.1 Å². The molecular weight excluding hydrogens is 382 g/mol. The number of pyridine rings is 1. The van der Waals surface area contributed by atoms with E-state index < -0.39 is 5.91 Å². The van der Waals surface area contributed by atoms with Crippen LogP contribution in [0.5, 0.6) is 0 Å². The zero-order chi connectivity index (χ0) is 20.9. The number of nitrogens with zero attached hydrogens (tertiary/aromatic N) is 1. The van der Waals surface area contributed by atoms with Crippen molar-refractivity contribution in [2.45, 2.75) is 12.8 Å². The van der Waals surface area contributed by atoms with Crippen molar-refractivity contribution in [3.63, 3.8) is 0 Å². The predicted molar refractivity (Wildman–Crippen MR) is 112 cm³/mol. The summed E-state index contributed by atoms with van der Waals surface area (Å²) >= 11 is 0. The minimum absolute atomic E-state index is 0.0156. The Morgan fingerprint density at radius 3 is 2.60 bits per heavy atom. The summed E-state index contributed by atoms with van der Waals surface area (Å²) in [7, 11) is 0. The summed E-state index contributed by atoms with van der Waals surface area (Å²) in [5, 5.41) is 17.6. The van der Waals surface area contributed by atoms with Gasteiger partial charge in [0.2, 0.25) is 6.20 Å². The van der Waals surface area contributed by atoms with Gasteiger partial charge in [0.15, 0.2) is 0 Å². The second-order valence-electron chi connectivity index (χ2n) is 7.36. The molecule has 1 fully saturated rings. The first-order chi connectivity index (χ1) is 14.6. The van der Waals surface area contributed by atoms with Crippen LogP contribution in [-0.2, 0) is 4.74 Å². The molecular formula is C23H24N3O4+. The van der Waals surface area contributed by atoms with Crippen LogP contribution in [0.1, 0.15) is 33.7 Å². The normalized spacial score (nSPS) is 14.4. The number of benzene rings is 2. The molecule has 1 aliphatic rings. The van der Waals surface area contributed by atoms with Gasteiger partial charge in [-0.15, -0.1) is 0 Å². The first-order valence-corrected chi connectivity index (χ1v) is 10.0. The number of anilines is 1. The Bertz CT molecular complexity index is 1070. The fourth-order valence-corrected chi connectivity index (χ4v) is 3.71. The molecule has 4 rings (SSSR count). The summed E-state index contributed by atoms with van der Waals surface area (Å²) in [5.41, 5.74) is 0.718. The molecule has 3 N–H and O–H groups in total. The molecule has 154 valence electrons. The van der Waals surface area contributed by atoms with Crippen LogP contribution in [0.2, 0.25) is 0 Å². The summed E-state index contributed by atoms with van der Waals surface area (Å²) in [5.74, 6) is -0.457. The third-order valence-electron chi connectivity index (χ3n) is 5.36. The highest BCUT2D eigenvalue weighted by atomic mass is 16.5. The number of fused-ring (bicyclic) bond motifs is 1. The van der Waals surface area contributed by atoms with Crippen molar-refractivity contribution in [1.29, 1.82) is 0 Å². The van der Waals surface area contributed by atoms with Gasteiger partial charge in [-0.2, -0.15) is 0 Å². The van der Waals surface area contributed by atoms with Crippen molar-refractivity contribution in [1.82, 2.24) is 5.32 Å². The first-order valence-electron chi connectivity index (χ1n) is 10.0. The van der Waals surface area contributed by atoms with E-state index in [2.05, 4.69) is 10.6 Å². The Balaban J connectivity index is 1.55. The van der Waals surface area contributed by atoms with Gasteiger partial charge < -0.3 is 15.4 Å². The van der Waals surface area contributed by atoms with E-state index in [4.69, 9.17) is 4.74 Å². The second kappa shape index (κ2) is 8.92. The van der Waals surface area contributed by atoms with Crippen LogP contribution in [0.25, 0.3) is 10.8 Å². The maximum Gasteiger partial charge on any atom is 0.344 e. The van der Waals surface area contributed by atoms with E-state index in [0.29, 0.717) is 31.2 Å². The summed E-state index contributed by atoms with van der Waals surface area (Å²) in [4.78, 5) is 25.8.